The predicted molar refractivity (Wildman–Crippen MR) is 95.1 cm³/mol. The van der Waals surface area contributed by atoms with Crippen LogP contribution in [0.4, 0.5) is 0 Å². The van der Waals surface area contributed by atoms with Gasteiger partial charge in [-0.05, 0) is 51.8 Å². The van der Waals surface area contributed by atoms with Crippen LogP contribution < -0.4 is 5.32 Å². The molecule has 2 aromatic heterocycles. The maximum absolute atomic E-state index is 12.5. The van der Waals surface area contributed by atoms with Gasteiger partial charge in [-0.1, -0.05) is 12.8 Å². The summed E-state index contributed by atoms with van der Waals surface area (Å²) in [4.78, 5) is 19.8. The van der Waals surface area contributed by atoms with Gasteiger partial charge in [0.25, 0.3) is 5.91 Å². The fourth-order valence-corrected chi connectivity index (χ4v) is 5.03. The number of rotatable bonds is 4. The molecular weight excluding hydrogens is 306 g/mol. The Labute approximate surface area is 141 Å². The Morgan fingerprint density at radius 1 is 1.30 bits per heavy atom. The topological polar surface area (TPSA) is 48.1 Å². The molecule has 4 nitrogen and oxygen atoms in total. The number of hydrogen-bond acceptors (Lipinski definition) is 3. The molecule has 3 heterocycles. The van der Waals surface area contributed by atoms with E-state index in [1.54, 1.807) is 11.3 Å². The molecule has 2 N–H and O–H groups in total. The highest BCUT2D eigenvalue weighted by Gasteiger charge is 2.22. The summed E-state index contributed by atoms with van der Waals surface area (Å²) in [5.74, 6) is 0.0603. The molecule has 1 aliphatic heterocycles. The molecule has 2 fully saturated rings. The van der Waals surface area contributed by atoms with Crippen molar-refractivity contribution >= 4 is 27.5 Å². The van der Waals surface area contributed by atoms with Crippen LogP contribution in [0.3, 0.4) is 0 Å². The van der Waals surface area contributed by atoms with E-state index in [4.69, 9.17) is 0 Å². The first kappa shape index (κ1) is 15.2. The monoisotopic (exact) mass is 331 g/mol. The minimum atomic E-state index is 0.0603. The second-order valence-corrected chi connectivity index (χ2v) is 8.25. The lowest BCUT2D eigenvalue weighted by Gasteiger charge is -2.14. The molecule has 0 spiro atoms. The van der Waals surface area contributed by atoms with Crippen LogP contribution in [0.1, 0.15) is 59.5 Å². The maximum Gasteiger partial charge on any atom is 0.267 e. The predicted octanol–water partition coefficient (Wildman–Crippen LogP) is 3.81. The van der Waals surface area contributed by atoms with Crippen LogP contribution in [0, 0.1) is 6.92 Å². The van der Waals surface area contributed by atoms with E-state index in [9.17, 15) is 4.79 Å². The van der Waals surface area contributed by atoms with Gasteiger partial charge in [-0.25, -0.2) is 0 Å². The number of aromatic nitrogens is 1. The van der Waals surface area contributed by atoms with Gasteiger partial charge in [-0.15, -0.1) is 11.3 Å². The van der Waals surface area contributed by atoms with Gasteiger partial charge in [-0.2, -0.15) is 0 Å². The van der Waals surface area contributed by atoms with Crippen molar-refractivity contribution in [1.29, 1.82) is 0 Å². The standard InChI is InChI=1S/C18H25N3OS/c1-12-14(11-21-8-4-5-9-21)17-16(23-12)10-15(20-17)18(22)19-13-6-2-3-7-13/h10,13,20H,2-9,11H2,1H3,(H,19,22). The molecule has 1 saturated heterocycles. The largest absolute Gasteiger partial charge is 0.350 e. The number of nitrogens with zero attached hydrogens (tertiary/aromatic N) is 1. The molecule has 0 aromatic carbocycles. The lowest BCUT2D eigenvalue weighted by Crippen LogP contribution is -2.32. The van der Waals surface area contributed by atoms with E-state index in [0.717, 1.165) is 25.1 Å². The first-order chi connectivity index (χ1) is 11.2. The zero-order chi connectivity index (χ0) is 15.8. The first-order valence-corrected chi connectivity index (χ1v) is 9.66. The number of likely N-dealkylation sites (tertiary alicyclic amines) is 1. The summed E-state index contributed by atoms with van der Waals surface area (Å²) in [7, 11) is 0. The van der Waals surface area contributed by atoms with Gasteiger partial charge in [0.1, 0.15) is 5.69 Å². The second kappa shape index (κ2) is 6.29. The van der Waals surface area contributed by atoms with Crippen molar-refractivity contribution in [3.63, 3.8) is 0 Å². The molecule has 124 valence electrons. The summed E-state index contributed by atoms with van der Waals surface area (Å²) >= 11 is 1.81. The Hall–Kier alpha value is -1.33. The minimum absolute atomic E-state index is 0.0603. The van der Waals surface area contributed by atoms with Crippen molar-refractivity contribution in [2.45, 2.75) is 58.0 Å². The summed E-state index contributed by atoms with van der Waals surface area (Å²) in [6.45, 7) is 5.61. The average molecular weight is 331 g/mol. The van der Waals surface area contributed by atoms with Gasteiger partial charge >= 0.3 is 0 Å². The van der Waals surface area contributed by atoms with Crippen LogP contribution in [-0.2, 0) is 6.54 Å². The normalized spacial score (nSPS) is 19.9. The summed E-state index contributed by atoms with van der Waals surface area (Å²) in [6, 6.07) is 2.40. The number of fused-ring (bicyclic) bond motifs is 1. The van der Waals surface area contributed by atoms with Crippen LogP contribution in [0.2, 0.25) is 0 Å². The van der Waals surface area contributed by atoms with Crippen LogP contribution in [0.15, 0.2) is 6.07 Å². The number of H-pyrrole nitrogens is 1. The van der Waals surface area contributed by atoms with E-state index in [1.807, 2.05) is 6.07 Å². The van der Waals surface area contributed by atoms with Crippen molar-refractivity contribution in [1.82, 2.24) is 15.2 Å². The Bertz CT molecular complexity index is 705. The van der Waals surface area contributed by atoms with Gasteiger partial charge in [0.05, 0.1) is 10.2 Å². The highest BCUT2D eigenvalue weighted by Crippen LogP contribution is 2.33. The third-order valence-corrected chi connectivity index (χ3v) is 6.38. The van der Waals surface area contributed by atoms with Gasteiger partial charge in [0, 0.05) is 23.0 Å². The minimum Gasteiger partial charge on any atom is -0.350 e. The Balaban J connectivity index is 1.55. The lowest BCUT2D eigenvalue weighted by atomic mass is 10.2. The van der Waals surface area contributed by atoms with E-state index in [1.165, 1.54) is 59.4 Å². The number of hydrogen-bond donors (Lipinski definition) is 2. The molecule has 0 atom stereocenters. The number of aryl methyl sites for hydroxylation is 1. The fraction of sp³-hybridized carbons (Fsp3) is 0.611. The van der Waals surface area contributed by atoms with Crippen LogP contribution in [-0.4, -0.2) is 34.9 Å². The fourth-order valence-electron chi connectivity index (χ4n) is 3.95. The van der Waals surface area contributed by atoms with E-state index in [2.05, 4.69) is 22.1 Å². The van der Waals surface area contributed by atoms with Crippen molar-refractivity contribution in [2.24, 2.45) is 0 Å². The lowest BCUT2D eigenvalue weighted by molar-refractivity contribution is 0.0933. The van der Waals surface area contributed by atoms with Gasteiger partial charge < -0.3 is 10.3 Å². The first-order valence-electron chi connectivity index (χ1n) is 8.85. The molecule has 2 aliphatic rings. The molecule has 4 rings (SSSR count). The van der Waals surface area contributed by atoms with Crippen LogP contribution in [0.25, 0.3) is 10.2 Å². The van der Waals surface area contributed by atoms with Crippen LogP contribution >= 0.6 is 11.3 Å². The molecule has 1 saturated carbocycles. The molecule has 2 aromatic rings. The van der Waals surface area contributed by atoms with Crippen molar-refractivity contribution in [2.75, 3.05) is 13.1 Å². The third kappa shape index (κ3) is 3.04. The number of aromatic amines is 1. The van der Waals surface area contributed by atoms with Gasteiger partial charge in [-0.3, -0.25) is 9.69 Å². The molecule has 0 bridgehead atoms. The summed E-state index contributed by atoms with van der Waals surface area (Å²) in [6.07, 6.45) is 7.35. The molecule has 0 unspecified atom stereocenters. The molecular formula is C18H25N3OS. The number of carbonyl (C=O) groups excluding carboxylic acids is 1. The van der Waals surface area contributed by atoms with Gasteiger partial charge in [0.2, 0.25) is 0 Å². The third-order valence-electron chi connectivity index (χ3n) is 5.29. The number of nitrogens with one attached hydrogen (secondary N) is 2. The van der Waals surface area contributed by atoms with Crippen molar-refractivity contribution < 1.29 is 4.79 Å². The molecule has 1 amide bonds. The van der Waals surface area contributed by atoms with E-state index < -0.39 is 0 Å². The van der Waals surface area contributed by atoms with Gasteiger partial charge in [0.15, 0.2) is 0 Å². The smallest absolute Gasteiger partial charge is 0.267 e. The number of carbonyl (C=O) groups is 1. The molecule has 0 radical (unpaired) electrons. The highest BCUT2D eigenvalue weighted by atomic mass is 32.1. The van der Waals surface area contributed by atoms with E-state index in [-0.39, 0.29) is 5.91 Å². The zero-order valence-electron chi connectivity index (χ0n) is 13.8. The Morgan fingerprint density at radius 2 is 2.04 bits per heavy atom. The summed E-state index contributed by atoms with van der Waals surface area (Å²) in [5.41, 5.74) is 3.28. The van der Waals surface area contributed by atoms with E-state index >= 15 is 0 Å². The van der Waals surface area contributed by atoms with E-state index in [0.29, 0.717) is 6.04 Å². The highest BCUT2D eigenvalue weighted by molar-refractivity contribution is 7.19. The van der Waals surface area contributed by atoms with Crippen LogP contribution in [0.5, 0.6) is 0 Å². The Morgan fingerprint density at radius 3 is 2.78 bits per heavy atom. The summed E-state index contributed by atoms with van der Waals surface area (Å²) in [5, 5.41) is 3.18. The van der Waals surface area contributed by atoms with Crippen molar-refractivity contribution in [3.8, 4) is 0 Å². The molecule has 23 heavy (non-hydrogen) atoms. The number of thiophene rings is 1. The van der Waals surface area contributed by atoms with Crippen molar-refractivity contribution in [3.05, 3.63) is 22.2 Å². The SMILES string of the molecule is Cc1sc2cc(C(=O)NC3CCCC3)[nH]c2c1CN1CCCC1. The zero-order valence-corrected chi connectivity index (χ0v) is 14.6. The maximum atomic E-state index is 12.5. The Kier molecular flexibility index (Phi) is 4.16. The second-order valence-electron chi connectivity index (χ2n) is 7.00. The summed E-state index contributed by atoms with van der Waals surface area (Å²) < 4.78 is 1.22. The quantitative estimate of drug-likeness (QED) is 0.895. The molecule has 5 heteroatoms. The molecule has 1 aliphatic carbocycles. The average Bonchev–Trinajstić information content (AvgIpc) is 3.27. The number of amides is 1.